The number of hydrogen-bond acceptors (Lipinski definition) is 5. The van der Waals surface area contributed by atoms with Crippen molar-refractivity contribution in [2.24, 2.45) is 0 Å². The van der Waals surface area contributed by atoms with Crippen LogP contribution in [0.3, 0.4) is 0 Å². The van der Waals surface area contributed by atoms with E-state index in [4.69, 9.17) is 4.74 Å². The Morgan fingerprint density at radius 2 is 2.10 bits per heavy atom. The molecule has 7 heteroatoms. The van der Waals surface area contributed by atoms with Crippen LogP contribution in [0.1, 0.15) is 41.4 Å². The molecule has 1 saturated heterocycles. The topological polar surface area (TPSA) is 61.9 Å². The number of nitrogens with zero attached hydrogens (tertiary/aromatic N) is 2. The van der Waals surface area contributed by atoms with Crippen LogP contribution in [0.25, 0.3) is 0 Å². The predicted octanol–water partition coefficient (Wildman–Crippen LogP) is 3.98. The van der Waals surface area contributed by atoms with Crippen molar-refractivity contribution in [3.8, 4) is 0 Å². The second kappa shape index (κ2) is 9.89. The van der Waals surface area contributed by atoms with E-state index in [0.29, 0.717) is 24.4 Å². The molecule has 1 fully saturated rings. The quantitative estimate of drug-likeness (QED) is 0.708. The first-order valence-corrected chi connectivity index (χ1v) is 10.9. The molecule has 156 valence electrons. The normalized spacial score (nSPS) is 15.9. The first kappa shape index (κ1) is 21.3. The lowest BCUT2D eigenvalue weighted by atomic mass is 10.1. The fraction of sp³-hybridized carbons (Fsp3) is 0.455. The summed E-state index contributed by atoms with van der Waals surface area (Å²) in [6.45, 7) is 3.75. The average Bonchev–Trinajstić information content (AvgIpc) is 3.41. The van der Waals surface area contributed by atoms with Gasteiger partial charge in [0.1, 0.15) is 0 Å². The first-order chi connectivity index (χ1) is 14.0. The van der Waals surface area contributed by atoms with Crippen LogP contribution in [-0.4, -0.2) is 50.1 Å². The van der Waals surface area contributed by atoms with Gasteiger partial charge >= 0.3 is 0 Å². The molecule has 3 rings (SSSR count). The third-order valence-electron chi connectivity index (χ3n) is 5.03. The van der Waals surface area contributed by atoms with Crippen molar-refractivity contribution in [3.63, 3.8) is 0 Å². The second-order valence-electron chi connectivity index (χ2n) is 7.43. The summed E-state index contributed by atoms with van der Waals surface area (Å²) >= 11 is 1.41. The molecule has 2 aromatic rings. The van der Waals surface area contributed by atoms with Gasteiger partial charge in [0, 0.05) is 51.6 Å². The Kier molecular flexibility index (Phi) is 7.28. The summed E-state index contributed by atoms with van der Waals surface area (Å²) in [5.41, 5.74) is 2.75. The summed E-state index contributed by atoms with van der Waals surface area (Å²) in [5, 5.41) is 4.85. The molecule has 0 bridgehead atoms. The lowest BCUT2D eigenvalue weighted by molar-refractivity contribution is -0.133. The standard InChI is InChI=1S/C22H29N3O3S/c1-4-21(26)25(15-18-7-5-11-28-18)14-16-13-17(9-10-19(16)24(2)3)23-22(27)20-8-6-12-29-20/h6,8-10,12-13,18H,4-5,7,11,14-15H2,1-3H3,(H,23,27)/t18-/m0/s1. The summed E-state index contributed by atoms with van der Waals surface area (Å²) < 4.78 is 5.75. The number of rotatable bonds is 8. The van der Waals surface area contributed by atoms with Crippen molar-refractivity contribution in [3.05, 3.63) is 46.2 Å². The van der Waals surface area contributed by atoms with Gasteiger partial charge in [-0.3, -0.25) is 9.59 Å². The van der Waals surface area contributed by atoms with Crippen molar-refractivity contribution < 1.29 is 14.3 Å². The van der Waals surface area contributed by atoms with Gasteiger partial charge in [-0.1, -0.05) is 13.0 Å². The van der Waals surface area contributed by atoms with Gasteiger partial charge in [0.15, 0.2) is 0 Å². The first-order valence-electron chi connectivity index (χ1n) is 10.0. The van der Waals surface area contributed by atoms with E-state index in [1.165, 1.54) is 11.3 Å². The Morgan fingerprint density at radius 3 is 2.72 bits per heavy atom. The van der Waals surface area contributed by atoms with Gasteiger partial charge in [0.2, 0.25) is 5.91 Å². The molecule has 1 aliphatic heterocycles. The number of thiophene rings is 1. The number of ether oxygens (including phenoxy) is 1. The van der Waals surface area contributed by atoms with E-state index in [0.717, 1.165) is 36.4 Å². The molecule has 1 aromatic carbocycles. The van der Waals surface area contributed by atoms with Crippen LogP contribution in [0.5, 0.6) is 0 Å². The summed E-state index contributed by atoms with van der Waals surface area (Å²) in [6.07, 6.45) is 2.60. The minimum Gasteiger partial charge on any atom is -0.377 e. The van der Waals surface area contributed by atoms with Gasteiger partial charge in [-0.15, -0.1) is 11.3 Å². The minimum absolute atomic E-state index is 0.107. The molecule has 0 unspecified atom stereocenters. The van der Waals surface area contributed by atoms with Gasteiger partial charge < -0.3 is 19.9 Å². The van der Waals surface area contributed by atoms with Crippen LogP contribution in [0.2, 0.25) is 0 Å². The molecule has 1 atom stereocenters. The van der Waals surface area contributed by atoms with E-state index < -0.39 is 0 Å². The summed E-state index contributed by atoms with van der Waals surface area (Å²) in [5.74, 6) is -0.0115. The molecule has 0 saturated carbocycles. The predicted molar refractivity (Wildman–Crippen MR) is 118 cm³/mol. The van der Waals surface area contributed by atoms with E-state index in [2.05, 4.69) is 5.32 Å². The second-order valence-corrected chi connectivity index (χ2v) is 8.38. The van der Waals surface area contributed by atoms with Gasteiger partial charge in [-0.05, 0) is 48.1 Å². The van der Waals surface area contributed by atoms with Crippen LogP contribution >= 0.6 is 11.3 Å². The van der Waals surface area contributed by atoms with Crippen molar-refractivity contribution in [2.75, 3.05) is 37.5 Å². The zero-order valence-electron chi connectivity index (χ0n) is 17.3. The number of nitrogens with one attached hydrogen (secondary N) is 1. The molecule has 1 aliphatic rings. The van der Waals surface area contributed by atoms with Crippen LogP contribution in [0.4, 0.5) is 11.4 Å². The number of amides is 2. The van der Waals surface area contributed by atoms with E-state index in [-0.39, 0.29) is 17.9 Å². The highest BCUT2D eigenvalue weighted by Crippen LogP contribution is 2.26. The van der Waals surface area contributed by atoms with Gasteiger partial charge in [0.25, 0.3) is 5.91 Å². The number of carbonyl (C=O) groups excluding carboxylic acids is 2. The summed E-state index contributed by atoms with van der Waals surface area (Å²) in [6, 6.07) is 9.51. The van der Waals surface area contributed by atoms with Crippen molar-refractivity contribution in [1.82, 2.24) is 4.90 Å². The highest BCUT2D eigenvalue weighted by molar-refractivity contribution is 7.12. The number of carbonyl (C=O) groups is 2. The molecular formula is C22H29N3O3S. The lowest BCUT2D eigenvalue weighted by Gasteiger charge is -2.28. The molecule has 29 heavy (non-hydrogen) atoms. The zero-order valence-corrected chi connectivity index (χ0v) is 18.1. The van der Waals surface area contributed by atoms with E-state index in [1.54, 1.807) is 6.07 Å². The van der Waals surface area contributed by atoms with E-state index in [1.807, 2.05) is 60.5 Å². The maximum absolute atomic E-state index is 12.6. The summed E-state index contributed by atoms with van der Waals surface area (Å²) in [7, 11) is 3.96. The van der Waals surface area contributed by atoms with Crippen molar-refractivity contribution in [2.45, 2.75) is 38.8 Å². The average molecular weight is 416 g/mol. The maximum Gasteiger partial charge on any atom is 0.265 e. The third-order valence-corrected chi connectivity index (χ3v) is 5.90. The highest BCUT2D eigenvalue weighted by Gasteiger charge is 2.23. The molecule has 1 aromatic heterocycles. The van der Waals surface area contributed by atoms with Gasteiger partial charge in [-0.2, -0.15) is 0 Å². The van der Waals surface area contributed by atoms with Crippen LogP contribution < -0.4 is 10.2 Å². The Bertz CT molecular complexity index is 830. The van der Waals surface area contributed by atoms with Gasteiger partial charge in [-0.25, -0.2) is 0 Å². The van der Waals surface area contributed by atoms with Crippen LogP contribution in [0.15, 0.2) is 35.7 Å². The summed E-state index contributed by atoms with van der Waals surface area (Å²) in [4.78, 5) is 29.6. The number of anilines is 2. The molecule has 1 N–H and O–H groups in total. The fourth-order valence-corrected chi connectivity index (χ4v) is 4.16. The van der Waals surface area contributed by atoms with Crippen molar-refractivity contribution in [1.29, 1.82) is 0 Å². The molecule has 6 nitrogen and oxygen atoms in total. The molecule has 2 amide bonds. The largest absolute Gasteiger partial charge is 0.377 e. The minimum atomic E-state index is -0.121. The lowest BCUT2D eigenvalue weighted by Crippen LogP contribution is -2.36. The Morgan fingerprint density at radius 1 is 1.28 bits per heavy atom. The molecule has 0 aliphatic carbocycles. The zero-order chi connectivity index (χ0) is 20.8. The number of hydrogen-bond donors (Lipinski definition) is 1. The van der Waals surface area contributed by atoms with Gasteiger partial charge in [0.05, 0.1) is 11.0 Å². The van der Waals surface area contributed by atoms with Crippen molar-refractivity contribution >= 4 is 34.5 Å². The fourth-order valence-electron chi connectivity index (χ4n) is 3.54. The Hall–Kier alpha value is -2.38. The third kappa shape index (κ3) is 5.58. The Balaban J connectivity index is 1.81. The SMILES string of the molecule is CCC(=O)N(Cc1cc(NC(=O)c2cccs2)ccc1N(C)C)C[C@@H]1CCCO1. The molecule has 0 radical (unpaired) electrons. The molecular weight excluding hydrogens is 386 g/mol. The smallest absolute Gasteiger partial charge is 0.265 e. The van der Waals surface area contributed by atoms with E-state index >= 15 is 0 Å². The van der Waals surface area contributed by atoms with E-state index in [9.17, 15) is 9.59 Å². The highest BCUT2D eigenvalue weighted by atomic mass is 32.1. The maximum atomic E-state index is 12.6. The molecule has 0 spiro atoms. The van der Waals surface area contributed by atoms with Crippen LogP contribution in [-0.2, 0) is 16.1 Å². The number of benzene rings is 1. The monoisotopic (exact) mass is 415 g/mol. The Labute approximate surface area is 176 Å². The van der Waals surface area contributed by atoms with Crippen LogP contribution in [0, 0.1) is 0 Å². The molecule has 2 heterocycles.